The van der Waals surface area contributed by atoms with Gasteiger partial charge >= 0.3 is 0 Å². The Bertz CT molecular complexity index is 352. The Hall–Kier alpha value is -0.910. The largest absolute Gasteiger partial charge is 0.343 e. The zero-order valence-corrected chi connectivity index (χ0v) is 9.82. The second-order valence-corrected chi connectivity index (χ2v) is 4.04. The molecule has 0 heterocycles. The molecule has 1 atom stereocenters. The van der Waals surface area contributed by atoms with Crippen molar-refractivity contribution in [2.75, 3.05) is 0 Å². The van der Waals surface area contributed by atoms with E-state index in [9.17, 15) is 9.59 Å². The van der Waals surface area contributed by atoms with Crippen molar-refractivity contribution >= 4 is 34.8 Å². The molecule has 0 fully saturated rings. The number of hydrogen-bond acceptors (Lipinski definition) is 2. The van der Waals surface area contributed by atoms with Gasteiger partial charge in [-0.3, -0.25) is 4.79 Å². The van der Waals surface area contributed by atoms with Gasteiger partial charge in [0.05, 0.1) is 11.6 Å². The Kier molecular flexibility index (Phi) is 4.06. The number of carbonyl (C=O) groups excluding carboxylic acids is 2. The summed E-state index contributed by atoms with van der Waals surface area (Å²) < 4.78 is 0.876. The first-order valence-corrected chi connectivity index (χ1v) is 5.23. The molecular weight excluding hydrogens is 293 g/mol. The highest BCUT2D eigenvalue weighted by molar-refractivity contribution is 14.1. The van der Waals surface area contributed by atoms with E-state index in [1.54, 1.807) is 19.1 Å². The monoisotopic (exact) mass is 303 g/mol. The minimum absolute atomic E-state index is 0.213. The molecule has 74 valence electrons. The van der Waals surface area contributed by atoms with Crippen molar-refractivity contribution in [2.24, 2.45) is 0 Å². The van der Waals surface area contributed by atoms with Gasteiger partial charge in [-0.25, -0.2) is 0 Å². The van der Waals surface area contributed by atoms with Crippen LogP contribution in [0.1, 0.15) is 17.3 Å². The van der Waals surface area contributed by atoms with Crippen LogP contribution in [0.15, 0.2) is 24.3 Å². The molecule has 14 heavy (non-hydrogen) atoms. The highest BCUT2D eigenvalue weighted by atomic mass is 127. The Labute approximate surface area is 96.0 Å². The molecule has 1 amide bonds. The van der Waals surface area contributed by atoms with Gasteiger partial charge in [0, 0.05) is 3.57 Å². The van der Waals surface area contributed by atoms with E-state index >= 15 is 0 Å². The maximum absolute atomic E-state index is 11.6. The second-order valence-electron chi connectivity index (χ2n) is 2.88. The predicted molar refractivity (Wildman–Crippen MR) is 62.2 cm³/mol. The Morgan fingerprint density at radius 2 is 2.14 bits per heavy atom. The number of halogens is 1. The van der Waals surface area contributed by atoms with Crippen LogP contribution in [0, 0.1) is 3.57 Å². The summed E-state index contributed by atoms with van der Waals surface area (Å²) in [5.74, 6) is -0.213. The topological polar surface area (TPSA) is 46.2 Å². The summed E-state index contributed by atoms with van der Waals surface area (Å²) in [6.45, 7) is 1.64. The van der Waals surface area contributed by atoms with Gasteiger partial charge < -0.3 is 10.1 Å². The van der Waals surface area contributed by atoms with Crippen molar-refractivity contribution in [3.05, 3.63) is 33.4 Å². The van der Waals surface area contributed by atoms with Crippen LogP contribution in [0.4, 0.5) is 0 Å². The summed E-state index contributed by atoms with van der Waals surface area (Å²) in [5.41, 5.74) is 0.599. The van der Waals surface area contributed by atoms with Crippen molar-refractivity contribution < 1.29 is 9.59 Å². The first-order chi connectivity index (χ1) is 6.65. The number of aldehydes is 1. The molecule has 1 N–H and O–H groups in total. The van der Waals surface area contributed by atoms with Crippen LogP contribution in [-0.2, 0) is 4.79 Å². The van der Waals surface area contributed by atoms with E-state index in [0.717, 1.165) is 3.57 Å². The molecule has 1 rings (SSSR count). The van der Waals surface area contributed by atoms with Gasteiger partial charge in [-0.2, -0.15) is 0 Å². The van der Waals surface area contributed by atoms with Gasteiger partial charge in [-0.1, -0.05) is 12.1 Å². The summed E-state index contributed by atoms with van der Waals surface area (Å²) in [7, 11) is 0. The third-order valence-electron chi connectivity index (χ3n) is 1.68. The first kappa shape index (κ1) is 11.2. The molecule has 0 spiro atoms. The standard InChI is InChI=1S/C10H10INO2/c1-7(6-13)12-10(14)8-4-2-3-5-9(8)11/h2-7H,1H3,(H,12,14). The SMILES string of the molecule is CC(C=O)NC(=O)c1ccccc1I. The lowest BCUT2D eigenvalue weighted by molar-refractivity contribution is -0.109. The molecule has 0 radical (unpaired) electrons. The Morgan fingerprint density at radius 3 is 2.71 bits per heavy atom. The molecule has 1 aromatic rings. The van der Waals surface area contributed by atoms with Crippen molar-refractivity contribution in [2.45, 2.75) is 13.0 Å². The number of hydrogen-bond donors (Lipinski definition) is 1. The van der Waals surface area contributed by atoms with Gasteiger partial charge in [0.2, 0.25) is 0 Å². The molecule has 4 heteroatoms. The molecule has 0 aliphatic carbocycles. The Balaban J connectivity index is 2.80. The molecule has 0 aliphatic heterocycles. The minimum atomic E-state index is -0.446. The lowest BCUT2D eigenvalue weighted by Gasteiger charge is -2.08. The van der Waals surface area contributed by atoms with Crippen molar-refractivity contribution in [1.82, 2.24) is 5.32 Å². The van der Waals surface area contributed by atoms with Gasteiger partial charge in [0.1, 0.15) is 6.29 Å². The average Bonchev–Trinajstić information content (AvgIpc) is 2.18. The fraction of sp³-hybridized carbons (Fsp3) is 0.200. The van der Waals surface area contributed by atoms with Gasteiger partial charge in [-0.15, -0.1) is 0 Å². The molecule has 1 aromatic carbocycles. The maximum atomic E-state index is 11.6. The predicted octanol–water partition coefficient (Wildman–Crippen LogP) is 1.61. The van der Waals surface area contributed by atoms with Crippen LogP contribution < -0.4 is 5.32 Å². The summed E-state index contributed by atoms with van der Waals surface area (Å²) in [4.78, 5) is 21.9. The summed E-state index contributed by atoms with van der Waals surface area (Å²) in [6.07, 6.45) is 0.702. The highest BCUT2D eigenvalue weighted by Gasteiger charge is 2.10. The van der Waals surface area contributed by atoms with E-state index in [1.807, 2.05) is 12.1 Å². The fourth-order valence-corrected chi connectivity index (χ4v) is 1.60. The normalized spacial score (nSPS) is 11.9. The van der Waals surface area contributed by atoms with E-state index in [4.69, 9.17) is 0 Å². The highest BCUT2D eigenvalue weighted by Crippen LogP contribution is 2.10. The van der Waals surface area contributed by atoms with E-state index in [0.29, 0.717) is 11.8 Å². The number of nitrogens with one attached hydrogen (secondary N) is 1. The van der Waals surface area contributed by atoms with Gasteiger partial charge in [0.15, 0.2) is 0 Å². The van der Waals surface area contributed by atoms with Crippen molar-refractivity contribution in [1.29, 1.82) is 0 Å². The van der Waals surface area contributed by atoms with Gasteiger partial charge in [0.25, 0.3) is 5.91 Å². The fourth-order valence-electron chi connectivity index (χ4n) is 0.964. The van der Waals surface area contributed by atoms with Crippen LogP contribution in [-0.4, -0.2) is 18.2 Å². The third kappa shape index (κ3) is 2.80. The van der Waals surface area contributed by atoms with Crippen LogP contribution in [0.25, 0.3) is 0 Å². The lowest BCUT2D eigenvalue weighted by Crippen LogP contribution is -2.33. The molecule has 0 bridgehead atoms. The number of benzene rings is 1. The van der Waals surface area contributed by atoms with Gasteiger partial charge in [-0.05, 0) is 41.6 Å². The first-order valence-electron chi connectivity index (χ1n) is 4.16. The zero-order valence-electron chi connectivity index (χ0n) is 7.66. The van der Waals surface area contributed by atoms with E-state index in [-0.39, 0.29) is 5.91 Å². The lowest BCUT2D eigenvalue weighted by atomic mass is 10.2. The van der Waals surface area contributed by atoms with Crippen LogP contribution >= 0.6 is 22.6 Å². The van der Waals surface area contributed by atoms with E-state index in [2.05, 4.69) is 27.9 Å². The maximum Gasteiger partial charge on any atom is 0.252 e. The molecule has 0 saturated heterocycles. The van der Waals surface area contributed by atoms with E-state index in [1.165, 1.54) is 0 Å². The summed E-state index contributed by atoms with van der Waals surface area (Å²) >= 11 is 2.09. The smallest absolute Gasteiger partial charge is 0.252 e. The molecule has 0 saturated carbocycles. The molecule has 1 unspecified atom stereocenters. The van der Waals surface area contributed by atoms with Crippen molar-refractivity contribution in [3.63, 3.8) is 0 Å². The summed E-state index contributed by atoms with van der Waals surface area (Å²) in [5, 5.41) is 2.57. The van der Waals surface area contributed by atoms with Crippen LogP contribution in [0.2, 0.25) is 0 Å². The van der Waals surface area contributed by atoms with Crippen molar-refractivity contribution in [3.8, 4) is 0 Å². The molecule has 0 aromatic heterocycles. The number of carbonyl (C=O) groups is 2. The number of amides is 1. The summed E-state index contributed by atoms with van der Waals surface area (Å²) in [6, 6.07) is 6.79. The van der Waals surface area contributed by atoms with Crippen LogP contribution in [0.3, 0.4) is 0 Å². The van der Waals surface area contributed by atoms with Crippen LogP contribution in [0.5, 0.6) is 0 Å². The molecular formula is C10H10INO2. The molecule has 0 aliphatic rings. The van der Waals surface area contributed by atoms with E-state index < -0.39 is 6.04 Å². The average molecular weight is 303 g/mol. The molecule has 3 nitrogen and oxygen atoms in total. The third-order valence-corrected chi connectivity index (χ3v) is 2.62. The zero-order chi connectivity index (χ0) is 10.6. The quantitative estimate of drug-likeness (QED) is 0.681. The number of rotatable bonds is 3. The minimum Gasteiger partial charge on any atom is -0.343 e. The second kappa shape index (κ2) is 5.09. The Morgan fingerprint density at radius 1 is 1.50 bits per heavy atom.